The largest absolute Gasteiger partial charge is 0.467 e. The summed E-state index contributed by atoms with van der Waals surface area (Å²) >= 11 is 0. The van der Waals surface area contributed by atoms with Crippen molar-refractivity contribution in [1.82, 2.24) is 10.2 Å². The minimum absolute atomic E-state index is 0.530. The summed E-state index contributed by atoms with van der Waals surface area (Å²) < 4.78 is 5.13. The first-order chi connectivity index (χ1) is 8.15. The molecule has 0 bridgehead atoms. The van der Waals surface area contributed by atoms with E-state index in [1.807, 2.05) is 0 Å². The lowest BCUT2D eigenvalue weighted by Gasteiger charge is -2.23. The lowest BCUT2D eigenvalue weighted by atomic mass is 10.2. The number of rotatable bonds is 8. The van der Waals surface area contributed by atoms with Gasteiger partial charge in [-0.15, -0.1) is 0 Å². The molecule has 0 aromatic carbocycles. The van der Waals surface area contributed by atoms with Gasteiger partial charge in [-0.25, -0.2) is 0 Å². The Kier molecular flexibility index (Phi) is 6.26. The second-order valence-corrected chi connectivity index (χ2v) is 4.47. The number of hydrogen-bond donors (Lipinski definition) is 2. The van der Waals surface area contributed by atoms with E-state index in [0.29, 0.717) is 18.3 Å². The van der Waals surface area contributed by atoms with Crippen LogP contribution in [0.25, 0.3) is 0 Å². The van der Waals surface area contributed by atoms with Crippen molar-refractivity contribution < 1.29 is 9.52 Å². The van der Waals surface area contributed by atoms with Crippen molar-refractivity contribution in [3.63, 3.8) is 0 Å². The maximum absolute atomic E-state index is 9.76. The number of nitrogens with zero attached hydrogens (tertiary/aromatic N) is 1. The van der Waals surface area contributed by atoms with Gasteiger partial charge in [0, 0.05) is 25.7 Å². The molecule has 1 heterocycles. The maximum atomic E-state index is 9.76. The molecule has 1 aromatic rings. The summed E-state index contributed by atoms with van der Waals surface area (Å²) in [5.41, 5.74) is 0. The van der Waals surface area contributed by atoms with E-state index in [1.165, 1.54) is 0 Å². The Labute approximate surface area is 104 Å². The summed E-state index contributed by atoms with van der Waals surface area (Å²) in [6.07, 6.45) is 2.18. The van der Waals surface area contributed by atoms with Gasteiger partial charge in [0.15, 0.2) is 0 Å². The van der Waals surface area contributed by atoms with E-state index < -0.39 is 6.10 Å². The second kappa shape index (κ2) is 7.48. The molecule has 0 radical (unpaired) electrons. The molecule has 17 heavy (non-hydrogen) atoms. The van der Waals surface area contributed by atoms with Gasteiger partial charge in [-0.3, -0.25) is 0 Å². The van der Waals surface area contributed by atoms with Gasteiger partial charge >= 0.3 is 0 Å². The average molecular weight is 240 g/mol. The lowest BCUT2D eigenvalue weighted by Crippen LogP contribution is -2.36. The van der Waals surface area contributed by atoms with Crippen LogP contribution in [0.1, 0.15) is 32.1 Å². The van der Waals surface area contributed by atoms with Crippen molar-refractivity contribution in [1.29, 1.82) is 0 Å². The first-order valence-corrected chi connectivity index (χ1v) is 6.27. The van der Waals surface area contributed by atoms with Gasteiger partial charge in [-0.2, -0.15) is 0 Å². The van der Waals surface area contributed by atoms with E-state index in [2.05, 4.69) is 31.1 Å². The van der Waals surface area contributed by atoms with Gasteiger partial charge < -0.3 is 19.7 Å². The molecule has 0 aliphatic rings. The summed E-state index contributed by atoms with van der Waals surface area (Å²) in [7, 11) is 2.12. The first kappa shape index (κ1) is 14.2. The fourth-order valence-corrected chi connectivity index (χ4v) is 1.61. The quantitative estimate of drug-likeness (QED) is 0.678. The normalized spacial score (nSPS) is 15.1. The number of aliphatic hydroxyl groups excluding tert-OH is 1. The summed E-state index contributed by atoms with van der Waals surface area (Å²) in [5, 5.41) is 13.0. The molecule has 2 atom stereocenters. The Balaban J connectivity index is 2.12. The Hall–Kier alpha value is -0.840. The van der Waals surface area contributed by atoms with Crippen LogP contribution in [-0.2, 0) is 0 Å². The van der Waals surface area contributed by atoms with Crippen molar-refractivity contribution >= 4 is 0 Å². The molecule has 0 spiro atoms. The SMILES string of the molecule is CCC(C)N(C)CCNCC(O)c1ccco1. The zero-order valence-corrected chi connectivity index (χ0v) is 11.0. The van der Waals surface area contributed by atoms with E-state index in [9.17, 15) is 5.11 Å². The molecule has 2 unspecified atom stereocenters. The zero-order chi connectivity index (χ0) is 12.7. The smallest absolute Gasteiger partial charge is 0.133 e. The van der Waals surface area contributed by atoms with E-state index in [-0.39, 0.29) is 0 Å². The van der Waals surface area contributed by atoms with Gasteiger partial charge in [-0.05, 0) is 32.5 Å². The van der Waals surface area contributed by atoms with Gasteiger partial charge in [-0.1, -0.05) is 6.92 Å². The molecule has 4 nitrogen and oxygen atoms in total. The van der Waals surface area contributed by atoms with Gasteiger partial charge in [0.05, 0.1) is 6.26 Å². The summed E-state index contributed by atoms with van der Waals surface area (Å²) in [6, 6.07) is 4.18. The summed E-state index contributed by atoms with van der Waals surface area (Å²) in [5.74, 6) is 0.618. The predicted molar refractivity (Wildman–Crippen MR) is 68.9 cm³/mol. The molecule has 4 heteroatoms. The molecule has 0 aliphatic carbocycles. The Morgan fingerprint density at radius 1 is 1.53 bits per heavy atom. The molecular weight excluding hydrogens is 216 g/mol. The monoisotopic (exact) mass is 240 g/mol. The topological polar surface area (TPSA) is 48.6 Å². The van der Waals surface area contributed by atoms with E-state index in [0.717, 1.165) is 19.5 Å². The Morgan fingerprint density at radius 2 is 2.29 bits per heavy atom. The van der Waals surface area contributed by atoms with Crippen LogP contribution in [0.2, 0.25) is 0 Å². The van der Waals surface area contributed by atoms with Crippen LogP contribution in [0.15, 0.2) is 22.8 Å². The lowest BCUT2D eigenvalue weighted by molar-refractivity contribution is 0.145. The maximum Gasteiger partial charge on any atom is 0.133 e. The Bertz CT molecular complexity index is 288. The molecule has 0 saturated carbocycles. The number of likely N-dealkylation sites (N-methyl/N-ethyl adjacent to an activating group) is 1. The number of furan rings is 1. The van der Waals surface area contributed by atoms with Crippen molar-refractivity contribution in [2.24, 2.45) is 0 Å². The molecule has 0 amide bonds. The second-order valence-electron chi connectivity index (χ2n) is 4.47. The highest BCUT2D eigenvalue weighted by atomic mass is 16.4. The average Bonchev–Trinajstić information content (AvgIpc) is 2.86. The fourth-order valence-electron chi connectivity index (χ4n) is 1.61. The minimum atomic E-state index is -0.557. The van der Waals surface area contributed by atoms with Crippen LogP contribution >= 0.6 is 0 Å². The highest BCUT2D eigenvalue weighted by molar-refractivity contribution is 5.02. The third-order valence-electron chi connectivity index (χ3n) is 3.19. The third-order valence-corrected chi connectivity index (χ3v) is 3.19. The van der Waals surface area contributed by atoms with E-state index >= 15 is 0 Å². The number of aliphatic hydroxyl groups is 1. The standard InChI is InChI=1S/C13H24N2O2/c1-4-11(2)15(3)8-7-14-10-12(16)13-6-5-9-17-13/h5-6,9,11-12,14,16H,4,7-8,10H2,1-3H3. The summed E-state index contributed by atoms with van der Waals surface area (Å²) in [6.45, 7) is 6.80. The summed E-state index contributed by atoms with van der Waals surface area (Å²) in [4.78, 5) is 2.31. The van der Waals surface area contributed by atoms with E-state index in [4.69, 9.17) is 4.42 Å². The first-order valence-electron chi connectivity index (χ1n) is 6.27. The Morgan fingerprint density at radius 3 is 2.88 bits per heavy atom. The van der Waals surface area contributed by atoms with Gasteiger partial charge in [0.25, 0.3) is 0 Å². The van der Waals surface area contributed by atoms with Crippen LogP contribution in [0.5, 0.6) is 0 Å². The van der Waals surface area contributed by atoms with Crippen LogP contribution in [0.4, 0.5) is 0 Å². The number of nitrogens with one attached hydrogen (secondary N) is 1. The van der Waals surface area contributed by atoms with Crippen molar-refractivity contribution in [2.45, 2.75) is 32.4 Å². The van der Waals surface area contributed by atoms with Gasteiger partial charge in [0.1, 0.15) is 11.9 Å². The fraction of sp³-hybridized carbons (Fsp3) is 0.692. The molecule has 0 saturated heterocycles. The van der Waals surface area contributed by atoms with E-state index in [1.54, 1.807) is 18.4 Å². The molecule has 0 aliphatic heterocycles. The molecule has 1 aromatic heterocycles. The molecule has 2 N–H and O–H groups in total. The third kappa shape index (κ3) is 4.89. The van der Waals surface area contributed by atoms with Crippen LogP contribution in [-0.4, -0.2) is 42.7 Å². The van der Waals surface area contributed by atoms with Crippen LogP contribution < -0.4 is 5.32 Å². The highest BCUT2D eigenvalue weighted by Gasteiger charge is 2.10. The molecule has 0 fully saturated rings. The molecular formula is C13H24N2O2. The molecule has 1 rings (SSSR count). The highest BCUT2D eigenvalue weighted by Crippen LogP contribution is 2.11. The minimum Gasteiger partial charge on any atom is -0.467 e. The van der Waals surface area contributed by atoms with Crippen molar-refractivity contribution in [2.75, 3.05) is 26.7 Å². The van der Waals surface area contributed by atoms with Crippen LogP contribution in [0.3, 0.4) is 0 Å². The number of hydrogen-bond acceptors (Lipinski definition) is 4. The van der Waals surface area contributed by atoms with Gasteiger partial charge in [0.2, 0.25) is 0 Å². The zero-order valence-electron chi connectivity index (χ0n) is 11.0. The molecule has 98 valence electrons. The van der Waals surface area contributed by atoms with Crippen molar-refractivity contribution in [3.8, 4) is 0 Å². The predicted octanol–water partition coefficient (Wildman–Crippen LogP) is 1.63. The van der Waals surface area contributed by atoms with Crippen LogP contribution in [0, 0.1) is 0 Å². The van der Waals surface area contributed by atoms with Crippen molar-refractivity contribution in [3.05, 3.63) is 24.2 Å².